The Balaban J connectivity index is 2.60. The van der Waals surface area contributed by atoms with E-state index in [1.54, 1.807) is 0 Å². The van der Waals surface area contributed by atoms with Gasteiger partial charge in [-0.05, 0) is 17.7 Å². The van der Waals surface area contributed by atoms with Crippen LogP contribution in [0.5, 0.6) is 0 Å². The van der Waals surface area contributed by atoms with Gasteiger partial charge in [0.05, 0.1) is 11.8 Å². The monoisotopic (exact) mass is 298 g/mol. The van der Waals surface area contributed by atoms with Crippen molar-refractivity contribution in [3.05, 3.63) is 51.9 Å². The lowest BCUT2D eigenvalue weighted by molar-refractivity contribution is -0.137. The fraction of sp³-hybridized carbons (Fsp3) is 0.154. The molecule has 0 fully saturated rings. The molecule has 0 saturated carbocycles. The van der Waals surface area contributed by atoms with Crippen molar-refractivity contribution in [2.45, 2.75) is 6.18 Å². The van der Waals surface area contributed by atoms with E-state index >= 15 is 0 Å². The molecule has 0 aliphatic rings. The summed E-state index contributed by atoms with van der Waals surface area (Å²) in [4.78, 5) is 22.9. The lowest BCUT2D eigenvalue weighted by atomic mass is 10.0. The Hall–Kier alpha value is -2.64. The summed E-state index contributed by atoms with van der Waals surface area (Å²) < 4.78 is 38.3. The summed E-state index contributed by atoms with van der Waals surface area (Å²) in [6.07, 6.45) is -3.35. The Labute approximate surface area is 116 Å². The largest absolute Gasteiger partial charge is 0.477 e. The third kappa shape index (κ3) is 2.78. The minimum atomic E-state index is -4.49. The van der Waals surface area contributed by atoms with E-state index in [0.29, 0.717) is 0 Å². The number of rotatable bonds is 2. The Bertz CT molecular complexity index is 749. The Kier molecular flexibility index (Phi) is 3.54. The van der Waals surface area contributed by atoms with E-state index in [0.717, 1.165) is 35.1 Å². The number of carboxylic acids is 1. The number of aromatic carboxylic acids is 1. The van der Waals surface area contributed by atoms with Crippen LogP contribution in [0.1, 0.15) is 15.9 Å². The van der Waals surface area contributed by atoms with Gasteiger partial charge in [-0.2, -0.15) is 18.3 Å². The minimum Gasteiger partial charge on any atom is -0.477 e. The Morgan fingerprint density at radius 3 is 2.29 bits per heavy atom. The molecular formula is C13H9F3N2O3. The van der Waals surface area contributed by atoms with Gasteiger partial charge in [0, 0.05) is 12.6 Å². The number of carboxylic acid groups (broad SMARTS) is 1. The maximum absolute atomic E-state index is 12.5. The van der Waals surface area contributed by atoms with E-state index in [1.165, 1.54) is 7.05 Å². The van der Waals surface area contributed by atoms with Crippen molar-refractivity contribution in [2.24, 2.45) is 7.05 Å². The highest BCUT2D eigenvalue weighted by molar-refractivity contribution is 5.95. The summed E-state index contributed by atoms with van der Waals surface area (Å²) >= 11 is 0. The molecule has 110 valence electrons. The average molecular weight is 298 g/mol. The highest BCUT2D eigenvalue weighted by Crippen LogP contribution is 2.31. The summed E-state index contributed by atoms with van der Waals surface area (Å²) in [5, 5.41) is 12.8. The SMILES string of the molecule is Cn1ncc(-c2ccc(C(F)(F)F)cc2)c(C(=O)O)c1=O. The lowest BCUT2D eigenvalue weighted by Crippen LogP contribution is -2.27. The average Bonchev–Trinajstić information content (AvgIpc) is 2.40. The molecule has 1 aromatic heterocycles. The molecule has 0 bridgehead atoms. The number of alkyl halides is 3. The zero-order chi connectivity index (χ0) is 15.8. The van der Waals surface area contributed by atoms with Gasteiger partial charge in [0.15, 0.2) is 0 Å². The third-order valence-corrected chi connectivity index (χ3v) is 2.87. The Morgan fingerprint density at radius 2 is 1.81 bits per heavy atom. The standard InChI is InChI=1S/C13H9F3N2O3/c1-18-11(19)10(12(20)21)9(6-17-18)7-2-4-8(5-3-7)13(14,15)16/h2-6H,1H3,(H,20,21). The summed E-state index contributed by atoms with van der Waals surface area (Å²) in [5.41, 5.74) is -2.09. The van der Waals surface area contributed by atoms with Gasteiger partial charge >= 0.3 is 12.1 Å². The van der Waals surface area contributed by atoms with Gasteiger partial charge in [-0.25, -0.2) is 9.48 Å². The minimum absolute atomic E-state index is 0.0284. The van der Waals surface area contributed by atoms with E-state index in [4.69, 9.17) is 5.11 Å². The first-order valence-electron chi connectivity index (χ1n) is 5.69. The topological polar surface area (TPSA) is 72.2 Å². The van der Waals surface area contributed by atoms with Gasteiger partial charge in [0.25, 0.3) is 5.56 Å². The van der Waals surface area contributed by atoms with Crippen LogP contribution in [0.2, 0.25) is 0 Å². The van der Waals surface area contributed by atoms with Crippen LogP contribution in [-0.4, -0.2) is 20.9 Å². The molecule has 0 aliphatic carbocycles. The first kappa shape index (κ1) is 14.8. The highest BCUT2D eigenvalue weighted by atomic mass is 19.4. The number of halogens is 3. The predicted molar refractivity (Wildman–Crippen MR) is 66.9 cm³/mol. The number of aromatic nitrogens is 2. The van der Waals surface area contributed by atoms with Crippen LogP contribution in [0, 0.1) is 0 Å². The van der Waals surface area contributed by atoms with Gasteiger partial charge in [-0.1, -0.05) is 12.1 Å². The number of nitrogens with zero attached hydrogens (tertiary/aromatic N) is 2. The van der Waals surface area contributed by atoms with Gasteiger partial charge in [0.1, 0.15) is 5.56 Å². The molecule has 1 N–H and O–H groups in total. The van der Waals surface area contributed by atoms with Crippen LogP contribution in [0.4, 0.5) is 13.2 Å². The van der Waals surface area contributed by atoms with E-state index in [1.807, 2.05) is 0 Å². The fourth-order valence-corrected chi connectivity index (χ4v) is 1.80. The number of hydrogen-bond donors (Lipinski definition) is 1. The van der Waals surface area contributed by atoms with Gasteiger partial charge < -0.3 is 5.11 Å². The molecule has 0 amide bonds. The first-order chi connectivity index (χ1) is 9.71. The number of benzene rings is 1. The molecule has 2 rings (SSSR count). The third-order valence-electron chi connectivity index (χ3n) is 2.87. The second-order valence-electron chi connectivity index (χ2n) is 4.24. The van der Waals surface area contributed by atoms with Gasteiger partial charge in [0.2, 0.25) is 0 Å². The smallest absolute Gasteiger partial charge is 0.416 e. The molecule has 2 aromatic rings. The molecule has 1 aromatic carbocycles. The molecule has 21 heavy (non-hydrogen) atoms. The van der Waals surface area contributed by atoms with Crippen molar-refractivity contribution in [1.82, 2.24) is 9.78 Å². The van der Waals surface area contributed by atoms with Gasteiger partial charge in [-0.3, -0.25) is 4.79 Å². The van der Waals surface area contributed by atoms with Crippen LogP contribution in [0.3, 0.4) is 0 Å². The van der Waals surface area contributed by atoms with E-state index in [9.17, 15) is 22.8 Å². The molecular weight excluding hydrogens is 289 g/mol. The predicted octanol–water partition coefficient (Wildman–Crippen LogP) is 2.16. The second-order valence-corrected chi connectivity index (χ2v) is 4.24. The molecule has 0 unspecified atom stereocenters. The normalized spacial score (nSPS) is 11.4. The summed E-state index contributed by atoms with van der Waals surface area (Å²) in [6, 6.07) is 3.84. The molecule has 0 spiro atoms. The van der Waals surface area contributed by atoms with E-state index in [2.05, 4.69) is 5.10 Å². The molecule has 1 heterocycles. The van der Waals surface area contributed by atoms with Crippen molar-refractivity contribution < 1.29 is 23.1 Å². The van der Waals surface area contributed by atoms with Crippen LogP contribution < -0.4 is 5.56 Å². The Morgan fingerprint density at radius 1 is 1.24 bits per heavy atom. The summed E-state index contributed by atoms with van der Waals surface area (Å²) in [6.45, 7) is 0. The van der Waals surface area contributed by atoms with E-state index < -0.39 is 28.8 Å². The number of carbonyl (C=O) groups is 1. The summed E-state index contributed by atoms with van der Waals surface area (Å²) in [7, 11) is 1.28. The maximum atomic E-state index is 12.5. The van der Waals surface area contributed by atoms with Crippen molar-refractivity contribution in [3.63, 3.8) is 0 Å². The molecule has 5 nitrogen and oxygen atoms in total. The molecule has 0 radical (unpaired) electrons. The zero-order valence-electron chi connectivity index (χ0n) is 10.7. The molecule has 8 heteroatoms. The van der Waals surface area contributed by atoms with Crippen molar-refractivity contribution in [1.29, 1.82) is 0 Å². The van der Waals surface area contributed by atoms with Crippen LogP contribution in [0.25, 0.3) is 11.1 Å². The van der Waals surface area contributed by atoms with Gasteiger partial charge in [-0.15, -0.1) is 0 Å². The van der Waals surface area contributed by atoms with E-state index in [-0.39, 0.29) is 11.1 Å². The molecule has 0 atom stereocenters. The van der Waals surface area contributed by atoms with Crippen molar-refractivity contribution >= 4 is 5.97 Å². The van der Waals surface area contributed by atoms with Crippen LogP contribution >= 0.6 is 0 Å². The molecule has 0 saturated heterocycles. The summed E-state index contributed by atoms with van der Waals surface area (Å²) in [5.74, 6) is -1.46. The zero-order valence-corrected chi connectivity index (χ0v) is 10.7. The van der Waals surface area contributed by atoms with Crippen molar-refractivity contribution in [2.75, 3.05) is 0 Å². The first-order valence-corrected chi connectivity index (χ1v) is 5.69. The quantitative estimate of drug-likeness (QED) is 0.922. The molecule has 0 aliphatic heterocycles. The lowest BCUT2D eigenvalue weighted by Gasteiger charge is -2.09. The highest BCUT2D eigenvalue weighted by Gasteiger charge is 2.30. The number of aryl methyl sites for hydroxylation is 1. The van der Waals surface area contributed by atoms with Crippen LogP contribution in [0.15, 0.2) is 35.3 Å². The fourth-order valence-electron chi connectivity index (χ4n) is 1.80. The maximum Gasteiger partial charge on any atom is 0.416 e. The van der Waals surface area contributed by atoms with Crippen molar-refractivity contribution in [3.8, 4) is 11.1 Å². The van der Waals surface area contributed by atoms with Crippen LogP contribution in [-0.2, 0) is 13.2 Å². The second kappa shape index (κ2) is 5.04. The number of hydrogen-bond acceptors (Lipinski definition) is 3.